The zero-order chi connectivity index (χ0) is 25.4. The van der Waals surface area contributed by atoms with Crippen LogP contribution in [0, 0.1) is 0 Å². The number of amides is 2. The third-order valence-corrected chi connectivity index (χ3v) is 6.02. The standard InChI is InChI=1S/C23H20ClN9O3/c1-26-18(34)6-14-13(20(25)35)3-4-17(19(14)24)30-23-32-31-22(36-23)16-9-28-21-15(16)5-11(7-27-21)12-8-29-33(2)10-12/h3-5,7-10H,6H2,1-2H3,(H2,25,35)(H,26,34)(H,27,28)(H,30,32). The number of anilines is 2. The van der Waals surface area contributed by atoms with E-state index >= 15 is 0 Å². The zero-order valence-electron chi connectivity index (χ0n) is 19.2. The Balaban J connectivity index is 1.46. The minimum atomic E-state index is -0.693. The number of aryl methyl sites for hydroxylation is 1. The number of nitrogens with zero attached hydrogens (tertiary/aromatic N) is 5. The molecule has 4 heterocycles. The molecule has 182 valence electrons. The van der Waals surface area contributed by atoms with Crippen molar-refractivity contribution in [2.24, 2.45) is 12.8 Å². The van der Waals surface area contributed by atoms with Crippen molar-refractivity contribution in [2.75, 3.05) is 12.4 Å². The molecule has 1 aromatic carbocycles. The lowest BCUT2D eigenvalue weighted by molar-refractivity contribution is -0.119. The summed E-state index contributed by atoms with van der Waals surface area (Å²) in [6.45, 7) is 0. The second-order valence-electron chi connectivity index (χ2n) is 7.93. The highest BCUT2D eigenvalue weighted by Gasteiger charge is 2.20. The van der Waals surface area contributed by atoms with E-state index < -0.39 is 5.91 Å². The van der Waals surface area contributed by atoms with Gasteiger partial charge in [-0.3, -0.25) is 14.3 Å². The summed E-state index contributed by atoms with van der Waals surface area (Å²) in [6.07, 6.45) is 7.03. The number of carbonyl (C=O) groups is 2. The van der Waals surface area contributed by atoms with Gasteiger partial charge in [0.05, 0.1) is 28.9 Å². The molecule has 0 aliphatic heterocycles. The van der Waals surface area contributed by atoms with Gasteiger partial charge in [-0.05, 0) is 23.8 Å². The number of halogens is 1. The summed E-state index contributed by atoms with van der Waals surface area (Å²) < 4.78 is 7.55. The van der Waals surface area contributed by atoms with Crippen LogP contribution >= 0.6 is 11.6 Å². The van der Waals surface area contributed by atoms with E-state index in [4.69, 9.17) is 21.8 Å². The number of primary amides is 1. The van der Waals surface area contributed by atoms with Crippen LogP contribution in [0.15, 0.2) is 47.4 Å². The largest absolute Gasteiger partial charge is 0.403 e. The molecule has 5 rings (SSSR count). The Hall–Kier alpha value is -4.71. The number of H-pyrrole nitrogens is 1. The number of hydrogen-bond donors (Lipinski definition) is 4. The van der Waals surface area contributed by atoms with Crippen molar-refractivity contribution in [1.82, 2.24) is 35.3 Å². The predicted octanol–water partition coefficient (Wildman–Crippen LogP) is 2.80. The van der Waals surface area contributed by atoms with Gasteiger partial charge in [0.1, 0.15) is 5.65 Å². The highest BCUT2D eigenvalue weighted by atomic mass is 35.5. The number of nitrogens with one attached hydrogen (secondary N) is 3. The van der Waals surface area contributed by atoms with Crippen LogP contribution in [0.5, 0.6) is 0 Å². The van der Waals surface area contributed by atoms with E-state index in [0.29, 0.717) is 22.5 Å². The van der Waals surface area contributed by atoms with Gasteiger partial charge in [0, 0.05) is 54.8 Å². The molecule has 2 amide bonds. The fourth-order valence-electron chi connectivity index (χ4n) is 3.78. The summed E-state index contributed by atoms with van der Waals surface area (Å²) in [6, 6.07) is 5.06. The Bertz CT molecular complexity index is 1620. The third-order valence-electron chi connectivity index (χ3n) is 5.59. The maximum absolute atomic E-state index is 11.9. The number of carbonyl (C=O) groups excluding carboxylic acids is 2. The van der Waals surface area contributed by atoms with Crippen molar-refractivity contribution in [3.8, 4) is 22.6 Å². The number of likely N-dealkylation sites (N-methyl/N-ethyl adjacent to an activating group) is 1. The monoisotopic (exact) mass is 505 g/mol. The minimum Gasteiger partial charge on any atom is -0.403 e. The number of nitrogens with two attached hydrogens (primary N) is 1. The van der Waals surface area contributed by atoms with E-state index in [0.717, 1.165) is 16.5 Å². The Morgan fingerprint density at radius 1 is 1.22 bits per heavy atom. The van der Waals surface area contributed by atoms with E-state index in [1.165, 1.54) is 13.1 Å². The predicted molar refractivity (Wildman–Crippen MR) is 133 cm³/mol. The lowest BCUT2D eigenvalue weighted by atomic mass is 10.0. The minimum absolute atomic E-state index is 0.0651. The maximum atomic E-state index is 11.9. The zero-order valence-corrected chi connectivity index (χ0v) is 19.9. The second kappa shape index (κ2) is 9.15. The molecule has 0 spiro atoms. The number of pyridine rings is 1. The topological polar surface area (TPSA) is 170 Å². The van der Waals surface area contributed by atoms with Crippen molar-refractivity contribution in [2.45, 2.75) is 6.42 Å². The molecule has 5 aromatic rings. The molecule has 0 saturated carbocycles. The fourth-order valence-corrected chi connectivity index (χ4v) is 4.06. The Morgan fingerprint density at radius 3 is 2.78 bits per heavy atom. The average Bonchev–Trinajstić information content (AvgIpc) is 3.60. The quantitative estimate of drug-likeness (QED) is 0.261. The van der Waals surface area contributed by atoms with E-state index in [-0.39, 0.29) is 34.8 Å². The smallest absolute Gasteiger partial charge is 0.320 e. The molecular formula is C23H20ClN9O3. The number of hydrogen-bond acceptors (Lipinski definition) is 8. The summed E-state index contributed by atoms with van der Waals surface area (Å²) in [7, 11) is 3.33. The van der Waals surface area contributed by atoms with Gasteiger partial charge in [0.25, 0.3) is 5.89 Å². The molecule has 4 aromatic heterocycles. The first-order valence-corrected chi connectivity index (χ1v) is 11.1. The first-order valence-electron chi connectivity index (χ1n) is 10.7. The maximum Gasteiger partial charge on any atom is 0.320 e. The molecule has 36 heavy (non-hydrogen) atoms. The van der Waals surface area contributed by atoms with Gasteiger partial charge in [-0.25, -0.2) is 4.98 Å². The molecular weight excluding hydrogens is 486 g/mol. The summed E-state index contributed by atoms with van der Waals surface area (Å²) in [5.41, 5.74) is 9.40. The molecule has 0 saturated heterocycles. The molecule has 0 atom stereocenters. The highest BCUT2D eigenvalue weighted by Crippen LogP contribution is 2.34. The van der Waals surface area contributed by atoms with Crippen molar-refractivity contribution in [3.05, 3.63) is 59.1 Å². The van der Waals surface area contributed by atoms with Crippen LogP contribution < -0.4 is 16.4 Å². The average molecular weight is 506 g/mol. The lowest BCUT2D eigenvalue weighted by Crippen LogP contribution is -2.23. The molecule has 0 radical (unpaired) electrons. The van der Waals surface area contributed by atoms with Gasteiger partial charge in [-0.15, -0.1) is 5.10 Å². The van der Waals surface area contributed by atoms with E-state index in [2.05, 4.69) is 35.9 Å². The fraction of sp³-hybridized carbons (Fsp3) is 0.130. The van der Waals surface area contributed by atoms with Gasteiger partial charge in [0.2, 0.25) is 11.8 Å². The van der Waals surface area contributed by atoms with Gasteiger partial charge < -0.3 is 25.8 Å². The Morgan fingerprint density at radius 2 is 2.06 bits per heavy atom. The van der Waals surface area contributed by atoms with Crippen molar-refractivity contribution in [3.63, 3.8) is 0 Å². The third kappa shape index (κ3) is 4.25. The second-order valence-corrected chi connectivity index (χ2v) is 8.31. The Kier molecular flexibility index (Phi) is 5.86. The van der Waals surface area contributed by atoms with Crippen molar-refractivity contribution < 1.29 is 14.0 Å². The number of fused-ring (bicyclic) bond motifs is 1. The van der Waals surface area contributed by atoms with Crippen LogP contribution in [0.3, 0.4) is 0 Å². The number of rotatable bonds is 7. The van der Waals surface area contributed by atoms with E-state index in [1.54, 1.807) is 29.3 Å². The van der Waals surface area contributed by atoms with Gasteiger partial charge in [0.15, 0.2) is 0 Å². The highest BCUT2D eigenvalue weighted by molar-refractivity contribution is 6.35. The summed E-state index contributed by atoms with van der Waals surface area (Å²) >= 11 is 6.51. The van der Waals surface area contributed by atoms with Crippen LogP contribution in [0.1, 0.15) is 15.9 Å². The van der Waals surface area contributed by atoms with Gasteiger partial charge >= 0.3 is 6.01 Å². The molecule has 0 unspecified atom stereocenters. The molecule has 0 fully saturated rings. The van der Waals surface area contributed by atoms with Crippen LogP contribution in [0.2, 0.25) is 5.02 Å². The Labute approximate surface area is 208 Å². The molecule has 0 bridgehead atoms. The number of benzene rings is 1. The molecule has 12 nitrogen and oxygen atoms in total. The first kappa shape index (κ1) is 23.1. The van der Waals surface area contributed by atoms with Crippen LogP contribution in [0.25, 0.3) is 33.6 Å². The first-order chi connectivity index (χ1) is 17.3. The molecule has 13 heteroatoms. The SMILES string of the molecule is CNC(=O)Cc1c(C(N)=O)ccc(Nc2nnc(-c3c[nH]c4ncc(-c5cnn(C)c5)cc34)o2)c1Cl. The summed E-state index contributed by atoms with van der Waals surface area (Å²) in [5, 5.41) is 18.8. The number of aromatic nitrogens is 6. The van der Waals surface area contributed by atoms with Crippen LogP contribution in [-0.4, -0.2) is 48.8 Å². The van der Waals surface area contributed by atoms with Gasteiger partial charge in [-0.2, -0.15) is 5.10 Å². The van der Waals surface area contributed by atoms with E-state index in [9.17, 15) is 9.59 Å². The molecule has 0 aliphatic carbocycles. The van der Waals surface area contributed by atoms with Crippen LogP contribution in [-0.2, 0) is 18.3 Å². The van der Waals surface area contributed by atoms with Crippen molar-refractivity contribution >= 4 is 46.2 Å². The van der Waals surface area contributed by atoms with Crippen LogP contribution in [0.4, 0.5) is 11.7 Å². The number of aromatic amines is 1. The summed E-state index contributed by atoms with van der Waals surface area (Å²) in [4.78, 5) is 31.3. The molecule has 5 N–H and O–H groups in total. The van der Waals surface area contributed by atoms with Crippen molar-refractivity contribution in [1.29, 1.82) is 0 Å². The van der Waals surface area contributed by atoms with Gasteiger partial charge in [-0.1, -0.05) is 16.7 Å². The van der Waals surface area contributed by atoms with E-state index in [1.807, 2.05) is 19.3 Å². The lowest BCUT2D eigenvalue weighted by Gasteiger charge is -2.12. The summed E-state index contributed by atoms with van der Waals surface area (Å²) in [5.74, 6) is -0.763. The normalized spacial score (nSPS) is 11.1. The molecule has 0 aliphatic rings.